The summed E-state index contributed by atoms with van der Waals surface area (Å²) in [4.78, 5) is 40.0. The maximum Gasteiger partial charge on any atom is 0.313 e. The first-order valence-corrected chi connectivity index (χ1v) is 12.5. The lowest BCUT2D eigenvalue weighted by Crippen LogP contribution is -2.42. The average Bonchev–Trinajstić information content (AvgIpc) is 2.82. The number of halogens is 1. The van der Waals surface area contributed by atoms with E-state index in [0.29, 0.717) is 18.2 Å². The van der Waals surface area contributed by atoms with Crippen LogP contribution in [0, 0.1) is 11.2 Å². The minimum Gasteiger partial charge on any atom is -0.341 e. The molecule has 0 aliphatic carbocycles. The molecule has 194 valence electrons. The van der Waals surface area contributed by atoms with Crippen molar-refractivity contribution in [2.45, 2.75) is 65.5 Å². The molecule has 7 nitrogen and oxygen atoms in total. The Kier molecular flexibility index (Phi) is 9.20. The number of anilines is 2. The molecule has 3 N–H and O–H groups in total. The molecule has 2 atom stereocenters. The lowest BCUT2D eigenvalue weighted by molar-refractivity contribution is -0.136. The van der Waals surface area contributed by atoms with Crippen LogP contribution in [0.25, 0.3) is 0 Å². The number of hydrogen-bond acceptors (Lipinski definition) is 4. The lowest BCUT2D eigenvalue weighted by atomic mass is 9.85. The van der Waals surface area contributed by atoms with Gasteiger partial charge in [-0.3, -0.25) is 19.3 Å². The summed E-state index contributed by atoms with van der Waals surface area (Å²) in [6.45, 7) is 9.38. The number of carbonyl (C=O) groups is 3. The fourth-order valence-corrected chi connectivity index (χ4v) is 4.43. The van der Waals surface area contributed by atoms with Gasteiger partial charge in [0.25, 0.3) is 0 Å². The van der Waals surface area contributed by atoms with Gasteiger partial charge in [0.1, 0.15) is 5.82 Å². The number of amides is 3. The van der Waals surface area contributed by atoms with Gasteiger partial charge in [0.2, 0.25) is 5.91 Å². The van der Waals surface area contributed by atoms with Crippen LogP contribution in [0.2, 0.25) is 0 Å². The number of piperidine rings is 1. The van der Waals surface area contributed by atoms with Gasteiger partial charge in [0, 0.05) is 11.7 Å². The van der Waals surface area contributed by atoms with Crippen molar-refractivity contribution in [2.24, 2.45) is 5.41 Å². The van der Waals surface area contributed by atoms with Crippen LogP contribution in [0.15, 0.2) is 48.5 Å². The number of carbonyl (C=O) groups excluding carboxylic acids is 3. The number of likely N-dealkylation sites (tertiary alicyclic amines) is 1. The molecule has 0 aromatic heterocycles. The number of nitrogens with zero attached hydrogens (tertiary/aromatic N) is 1. The summed E-state index contributed by atoms with van der Waals surface area (Å²) in [5.41, 5.74) is 0.949. The molecular formula is C28H37FN4O3. The van der Waals surface area contributed by atoms with Gasteiger partial charge in [0.15, 0.2) is 0 Å². The van der Waals surface area contributed by atoms with Gasteiger partial charge in [-0.1, -0.05) is 57.5 Å². The Morgan fingerprint density at radius 1 is 1.03 bits per heavy atom. The fraction of sp³-hybridized carbons (Fsp3) is 0.464. The summed E-state index contributed by atoms with van der Waals surface area (Å²) in [6.07, 6.45) is 3.90. The summed E-state index contributed by atoms with van der Waals surface area (Å²) < 4.78 is 14.4. The third-order valence-corrected chi connectivity index (χ3v) is 6.32. The average molecular weight is 497 g/mol. The van der Waals surface area contributed by atoms with E-state index in [9.17, 15) is 18.8 Å². The van der Waals surface area contributed by atoms with Crippen LogP contribution in [0.1, 0.15) is 65.0 Å². The summed E-state index contributed by atoms with van der Waals surface area (Å²) in [6, 6.07) is 13.3. The molecule has 1 aliphatic rings. The van der Waals surface area contributed by atoms with Gasteiger partial charge in [-0.2, -0.15) is 0 Å². The first kappa shape index (κ1) is 27.3. The smallest absolute Gasteiger partial charge is 0.313 e. The van der Waals surface area contributed by atoms with Crippen molar-refractivity contribution in [1.82, 2.24) is 10.2 Å². The fourth-order valence-electron chi connectivity index (χ4n) is 4.43. The first-order valence-electron chi connectivity index (χ1n) is 12.5. The van der Waals surface area contributed by atoms with Crippen molar-refractivity contribution in [1.29, 1.82) is 0 Å². The number of hydrogen-bond donors (Lipinski definition) is 3. The maximum atomic E-state index is 14.4. The highest BCUT2D eigenvalue weighted by molar-refractivity contribution is 6.39. The third-order valence-electron chi connectivity index (χ3n) is 6.32. The van der Waals surface area contributed by atoms with Crippen molar-refractivity contribution < 1.29 is 18.8 Å². The zero-order valence-corrected chi connectivity index (χ0v) is 21.6. The van der Waals surface area contributed by atoms with Gasteiger partial charge in [-0.25, -0.2) is 4.39 Å². The second-order valence-corrected chi connectivity index (χ2v) is 10.7. The summed E-state index contributed by atoms with van der Waals surface area (Å²) >= 11 is 0. The largest absolute Gasteiger partial charge is 0.341 e. The maximum absolute atomic E-state index is 14.4. The van der Waals surface area contributed by atoms with E-state index >= 15 is 0 Å². The lowest BCUT2D eigenvalue weighted by Gasteiger charge is -2.32. The topological polar surface area (TPSA) is 90.5 Å². The van der Waals surface area contributed by atoms with Crippen LogP contribution in [0.4, 0.5) is 15.8 Å². The minimum absolute atomic E-state index is 0.102. The molecule has 3 amide bonds. The van der Waals surface area contributed by atoms with Crippen molar-refractivity contribution in [3.63, 3.8) is 0 Å². The van der Waals surface area contributed by atoms with Gasteiger partial charge < -0.3 is 16.0 Å². The number of benzene rings is 2. The molecule has 0 spiro atoms. The van der Waals surface area contributed by atoms with Gasteiger partial charge in [-0.05, 0) is 61.9 Å². The molecule has 2 aromatic rings. The van der Waals surface area contributed by atoms with E-state index in [-0.39, 0.29) is 29.6 Å². The summed E-state index contributed by atoms with van der Waals surface area (Å²) in [5.74, 6) is -2.75. The molecule has 36 heavy (non-hydrogen) atoms. The summed E-state index contributed by atoms with van der Waals surface area (Å²) in [5, 5.41) is 7.88. The Balaban J connectivity index is 1.64. The zero-order chi connectivity index (χ0) is 26.3. The van der Waals surface area contributed by atoms with Crippen molar-refractivity contribution in [3.8, 4) is 0 Å². The van der Waals surface area contributed by atoms with Crippen LogP contribution < -0.4 is 16.0 Å². The van der Waals surface area contributed by atoms with E-state index in [1.165, 1.54) is 12.1 Å². The van der Waals surface area contributed by atoms with E-state index in [1.807, 2.05) is 30.3 Å². The molecule has 1 heterocycles. The van der Waals surface area contributed by atoms with Crippen LogP contribution >= 0.6 is 0 Å². The molecule has 3 rings (SSSR count). The number of rotatable bonds is 7. The molecule has 1 aliphatic heterocycles. The van der Waals surface area contributed by atoms with Gasteiger partial charge >= 0.3 is 11.8 Å². The molecule has 2 unspecified atom stereocenters. The molecule has 1 saturated heterocycles. The summed E-state index contributed by atoms with van der Waals surface area (Å²) in [7, 11) is 0. The Morgan fingerprint density at radius 3 is 2.42 bits per heavy atom. The molecule has 2 aromatic carbocycles. The highest BCUT2D eigenvalue weighted by Gasteiger charge is 2.25. The van der Waals surface area contributed by atoms with Gasteiger partial charge in [-0.15, -0.1) is 0 Å². The van der Waals surface area contributed by atoms with Crippen LogP contribution in [-0.2, 0) is 14.4 Å². The van der Waals surface area contributed by atoms with Crippen LogP contribution in [0.3, 0.4) is 0 Å². The molecule has 0 bridgehead atoms. The first-order chi connectivity index (χ1) is 17.0. The van der Waals surface area contributed by atoms with Crippen LogP contribution in [-0.4, -0.2) is 41.8 Å². The Bertz CT molecular complexity index is 1070. The zero-order valence-electron chi connectivity index (χ0n) is 21.6. The van der Waals surface area contributed by atoms with E-state index in [4.69, 9.17) is 0 Å². The van der Waals surface area contributed by atoms with Gasteiger partial charge in [0.05, 0.1) is 18.3 Å². The highest BCUT2D eigenvalue weighted by atomic mass is 19.1. The quantitative estimate of drug-likeness (QED) is 0.477. The predicted molar refractivity (Wildman–Crippen MR) is 140 cm³/mol. The Hall–Kier alpha value is -3.26. The third kappa shape index (κ3) is 8.16. The number of nitrogens with one attached hydrogen (secondary N) is 3. The van der Waals surface area contributed by atoms with Crippen LogP contribution in [0.5, 0.6) is 0 Å². The minimum atomic E-state index is -0.977. The molecular weight excluding hydrogens is 459 g/mol. The predicted octanol–water partition coefficient (Wildman–Crippen LogP) is 4.87. The van der Waals surface area contributed by atoms with Crippen molar-refractivity contribution in [2.75, 3.05) is 23.7 Å². The molecule has 0 radical (unpaired) electrons. The monoisotopic (exact) mass is 496 g/mol. The Labute approximate surface area is 212 Å². The normalized spacial score (nSPS) is 17.2. The SMILES string of the molecule is CC1CCCCN1CC(=O)Nc1ccc(F)c(NC(=O)C(=O)NC(CC(C)(C)C)c2ccccc2)c1. The highest BCUT2D eigenvalue weighted by Crippen LogP contribution is 2.29. The molecule has 0 saturated carbocycles. The van der Waals surface area contributed by atoms with E-state index in [0.717, 1.165) is 37.4 Å². The van der Waals surface area contributed by atoms with Crippen molar-refractivity contribution in [3.05, 3.63) is 59.9 Å². The second-order valence-electron chi connectivity index (χ2n) is 10.7. The van der Waals surface area contributed by atoms with E-state index in [1.54, 1.807) is 0 Å². The molecule has 1 fully saturated rings. The Morgan fingerprint density at radius 2 is 1.75 bits per heavy atom. The standard InChI is InChI=1S/C28H37FN4O3/c1-19-10-8-9-15-33(19)18-25(34)30-21-13-14-22(29)23(16-21)31-26(35)27(36)32-24(17-28(2,3)4)20-11-6-5-7-12-20/h5-7,11-14,16,19,24H,8-10,15,17-18H2,1-4H3,(H,30,34)(H,31,35)(H,32,36). The van der Waals surface area contributed by atoms with Crippen molar-refractivity contribution >= 4 is 29.1 Å². The second kappa shape index (κ2) is 12.1. The molecule has 8 heteroatoms. The van der Waals surface area contributed by atoms with E-state index < -0.39 is 17.6 Å². The van der Waals surface area contributed by atoms with E-state index in [2.05, 4.69) is 48.5 Å².